The second-order valence-electron chi connectivity index (χ2n) is 4.85. The standard InChI is InChI=1S/C9H14ClN3/c1-8(2)6(9(8,3)4)13-5-11-12-7(13)10/h5-6H,1-4H3. The van der Waals surface area contributed by atoms with Gasteiger partial charge >= 0.3 is 0 Å². The Labute approximate surface area is 83.1 Å². The van der Waals surface area contributed by atoms with Gasteiger partial charge in [0, 0.05) is 6.04 Å². The van der Waals surface area contributed by atoms with Crippen LogP contribution in [0.25, 0.3) is 0 Å². The molecule has 0 saturated heterocycles. The summed E-state index contributed by atoms with van der Waals surface area (Å²) >= 11 is 5.92. The minimum absolute atomic E-state index is 0.277. The largest absolute Gasteiger partial charge is 0.300 e. The molecule has 0 amide bonds. The Bertz CT molecular complexity index is 326. The van der Waals surface area contributed by atoms with Crippen molar-refractivity contribution in [1.29, 1.82) is 0 Å². The molecular weight excluding hydrogens is 186 g/mol. The third kappa shape index (κ3) is 0.966. The molecule has 4 heteroatoms. The first kappa shape index (κ1) is 9.00. The summed E-state index contributed by atoms with van der Waals surface area (Å²) < 4.78 is 1.96. The number of nitrogens with zero attached hydrogens (tertiary/aromatic N) is 3. The van der Waals surface area contributed by atoms with Crippen molar-refractivity contribution in [3.63, 3.8) is 0 Å². The Morgan fingerprint density at radius 1 is 1.31 bits per heavy atom. The van der Waals surface area contributed by atoms with Gasteiger partial charge in [0.15, 0.2) is 0 Å². The average Bonchev–Trinajstić information content (AvgIpc) is 2.33. The third-order valence-electron chi connectivity index (χ3n) is 3.75. The van der Waals surface area contributed by atoms with Crippen molar-refractivity contribution >= 4 is 11.6 Å². The van der Waals surface area contributed by atoms with Crippen LogP contribution in [0.2, 0.25) is 5.28 Å². The molecule has 0 bridgehead atoms. The molecule has 1 aliphatic carbocycles. The van der Waals surface area contributed by atoms with E-state index in [-0.39, 0.29) is 10.8 Å². The average molecular weight is 200 g/mol. The van der Waals surface area contributed by atoms with Crippen molar-refractivity contribution in [2.45, 2.75) is 33.7 Å². The maximum atomic E-state index is 5.92. The molecule has 2 rings (SSSR count). The lowest BCUT2D eigenvalue weighted by atomic mass is 10.0. The van der Waals surface area contributed by atoms with E-state index < -0.39 is 0 Å². The first-order valence-corrected chi connectivity index (χ1v) is 4.82. The summed E-state index contributed by atoms with van der Waals surface area (Å²) in [5.74, 6) is 0. The van der Waals surface area contributed by atoms with Gasteiger partial charge < -0.3 is 4.57 Å². The lowest BCUT2D eigenvalue weighted by Gasteiger charge is -2.03. The number of rotatable bonds is 1. The van der Waals surface area contributed by atoms with Gasteiger partial charge in [0.05, 0.1) is 0 Å². The molecule has 0 aliphatic heterocycles. The summed E-state index contributed by atoms with van der Waals surface area (Å²) in [6.45, 7) is 8.98. The predicted octanol–water partition coefficient (Wildman–Crippen LogP) is 2.54. The number of hydrogen-bond acceptors (Lipinski definition) is 2. The van der Waals surface area contributed by atoms with Gasteiger partial charge in [-0.05, 0) is 22.4 Å². The molecule has 0 aromatic carbocycles. The number of halogens is 1. The van der Waals surface area contributed by atoms with Crippen molar-refractivity contribution in [2.75, 3.05) is 0 Å². The number of hydrogen-bond donors (Lipinski definition) is 0. The van der Waals surface area contributed by atoms with Crippen LogP contribution >= 0.6 is 11.6 Å². The zero-order chi connectivity index (χ0) is 9.85. The summed E-state index contributed by atoms with van der Waals surface area (Å²) in [7, 11) is 0. The summed E-state index contributed by atoms with van der Waals surface area (Å²) in [5.41, 5.74) is 0.554. The molecule has 1 fully saturated rings. The molecule has 1 heterocycles. The van der Waals surface area contributed by atoms with Crippen LogP contribution in [-0.2, 0) is 0 Å². The van der Waals surface area contributed by atoms with E-state index >= 15 is 0 Å². The topological polar surface area (TPSA) is 30.7 Å². The SMILES string of the molecule is CC1(C)C(n2cnnc2Cl)C1(C)C. The second-order valence-corrected chi connectivity index (χ2v) is 5.19. The molecule has 1 aliphatic rings. The fraction of sp³-hybridized carbons (Fsp3) is 0.778. The predicted molar refractivity (Wildman–Crippen MR) is 51.6 cm³/mol. The summed E-state index contributed by atoms with van der Waals surface area (Å²) in [6, 6.07) is 0.419. The third-order valence-corrected chi connectivity index (χ3v) is 4.02. The highest BCUT2D eigenvalue weighted by Crippen LogP contribution is 2.71. The van der Waals surface area contributed by atoms with Gasteiger partial charge in [0.25, 0.3) is 0 Å². The number of aromatic nitrogens is 3. The molecular formula is C9H14ClN3. The van der Waals surface area contributed by atoms with Crippen molar-refractivity contribution < 1.29 is 0 Å². The summed E-state index contributed by atoms with van der Waals surface area (Å²) in [6.07, 6.45) is 1.71. The highest BCUT2D eigenvalue weighted by molar-refractivity contribution is 6.28. The Hall–Kier alpha value is -0.570. The smallest absolute Gasteiger partial charge is 0.225 e. The normalized spacial score (nSPS) is 24.7. The first-order valence-electron chi connectivity index (χ1n) is 4.44. The first-order chi connectivity index (χ1) is 5.89. The van der Waals surface area contributed by atoms with Gasteiger partial charge in [-0.25, -0.2) is 0 Å². The van der Waals surface area contributed by atoms with Gasteiger partial charge in [-0.1, -0.05) is 27.7 Å². The van der Waals surface area contributed by atoms with E-state index in [1.165, 1.54) is 0 Å². The van der Waals surface area contributed by atoms with Crippen LogP contribution in [0.3, 0.4) is 0 Å². The zero-order valence-electron chi connectivity index (χ0n) is 8.37. The molecule has 0 radical (unpaired) electrons. The van der Waals surface area contributed by atoms with Crippen LogP contribution in [0.15, 0.2) is 6.33 Å². The molecule has 0 N–H and O–H groups in total. The van der Waals surface area contributed by atoms with Crippen LogP contribution in [0.4, 0.5) is 0 Å². The van der Waals surface area contributed by atoms with E-state index in [1.54, 1.807) is 6.33 Å². The maximum absolute atomic E-state index is 5.92. The molecule has 72 valence electrons. The second kappa shape index (κ2) is 2.27. The van der Waals surface area contributed by atoms with Gasteiger partial charge in [-0.2, -0.15) is 0 Å². The Kier molecular flexibility index (Phi) is 1.57. The lowest BCUT2D eigenvalue weighted by molar-refractivity contribution is 0.457. The minimum atomic E-state index is 0.277. The minimum Gasteiger partial charge on any atom is -0.300 e. The van der Waals surface area contributed by atoms with E-state index in [2.05, 4.69) is 37.9 Å². The maximum Gasteiger partial charge on any atom is 0.225 e. The molecule has 1 aromatic rings. The van der Waals surface area contributed by atoms with Gasteiger partial charge in [-0.15, -0.1) is 10.2 Å². The van der Waals surface area contributed by atoms with E-state index in [4.69, 9.17) is 11.6 Å². The van der Waals surface area contributed by atoms with Crippen LogP contribution in [0.1, 0.15) is 33.7 Å². The Morgan fingerprint density at radius 3 is 2.15 bits per heavy atom. The van der Waals surface area contributed by atoms with Gasteiger partial charge in [0.2, 0.25) is 5.28 Å². The molecule has 0 atom stereocenters. The van der Waals surface area contributed by atoms with Crippen molar-refractivity contribution in [1.82, 2.24) is 14.8 Å². The fourth-order valence-corrected chi connectivity index (χ4v) is 2.44. The van der Waals surface area contributed by atoms with Crippen LogP contribution < -0.4 is 0 Å². The molecule has 13 heavy (non-hydrogen) atoms. The highest BCUT2D eigenvalue weighted by atomic mass is 35.5. The Morgan fingerprint density at radius 2 is 1.85 bits per heavy atom. The van der Waals surface area contributed by atoms with Crippen molar-refractivity contribution in [3.8, 4) is 0 Å². The van der Waals surface area contributed by atoms with Crippen LogP contribution in [-0.4, -0.2) is 14.8 Å². The van der Waals surface area contributed by atoms with E-state index in [9.17, 15) is 0 Å². The Balaban J connectivity index is 2.38. The van der Waals surface area contributed by atoms with Gasteiger partial charge in [0.1, 0.15) is 6.33 Å². The van der Waals surface area contributed by atoms with Crippen molar-refractivity contribution in [3.05, 3.63) is 11.6 Å². The van der Waals surface area contributed by atoms with E-state index in [0.29, 0.717) is 11.3 Å². The fourth-order valence-electron chi connectivity index (χ4n) is 2.26. The molecule has 0 spiro atoms. The molecule has 3 nitrogen and oxygen atoms in total. The van der Waals surface area contributed by atoms with Crippen LogP contribution in [0, 0.1) is 10.8 Å². The van der Waals surface area contributed by atoms with E-state index in [0.717, 1.165) is 0 Å². The lowest BCUT2D eigenvalue weighted by Crippen LogP contribution is -1.99. The van der Waals surface area contributed by atoms with Crippen LogP contribution in [0.5, 0.6) is 0 Å². The zero-order valence-corrected chi connectivity index (χ0v) is 9.13. The molecule has 1 saturated carbocycles. The quantitative estimate of drug-likeness (QED) is 0.696. The van der Waals surface area contributed by atoms with Gasteiger partial charge in [-0.3, -0.25) is 0 Å². The highest BCUT2D eigenvalue weighted by Gasteiger charge is 2.66. The summed E-state index contributed by atoms with van der Waals surface area (Å²) in [5, 5.41) is 8.07. The monoisotopic (exact) mass is 199 g/mol. The van der Waals surface area contributed by atoms with E-state index in [1.807, 2.05) is 4.57 Å². The molecule has 0 unspecified atom stereocenters. The molecule has 1 aromatic heterocycles. The van der Waals surface area contributed by atoms with Crippen molar-refractivity contribution in [2.24, 2.45) is 10.8 Å². The summed E-state index contributed by atoms with van der Waals surface area (Å²) in [4.78, 5) is 0.